The lowest BCUT2D eigenvalue weighted by atomic mass is 10.4. The number of nitrogens with one attached hydrogen (secondary N) is 2. The molecule has 7 nitrogen and oxygen atoms in total. The highest BCUT2D eigenvalue weighted by Crippen LogP contribution is 2.19. The van der Waals surface area contributed by atoms with Crippen LogP contribution in [0.1, 0.15) is 30.0 Å². The molecule has 0 bridgehead atoms. The maximum atomic E-state index is 11.9. The fourth-order valence-electron chi connectivity index (χ4n) is 1.33. The van der Waals surface area contributed by atoms with Gasteiger partial charge in [-0.25, -0.2) is 4.79 Å². The first-order valence-corrected chi connectivity index (χ1v) is 6.78. The molecule has 0 aromatic carbocycles. The number of rotatable bonds is 5. The number of H-pyrrole nitrogens is 1. The van der Waals surface area contributed by atoms with Crippen molar-refractivity contribution in [1.29, 1.82) is 0 Å². The molecule has 0 unspecified atom stereocenters. The molecule has 0 saturated heterocycles. The van der Waals surface area contributed by atoms with Crippen LogP contribution in [0, 0.1) is 6.92 Å². The molecular formula is C10H17N3O4S. The zero-order valence-electron chi connectivity index (χ0n) is 10.7. The smallest absolute Gasteiger partial charge is 0.354 e. The number of hydrogen-bond acceptors (Lipinski definition) is 3. The number of hydrogen-bond donors (Lipinski definition) is 3. The summed E-state index contributed by atoms with van der Waals surface area (Å²) in [5, 5.41) is 8.94. The molecule has 0 saturated carbocycles. The molecule has 1 heterocycles. The molecule has 102 valence electrons. The van der Waals surface area contributed by atoms with Crippen LogP contribution in [0.3, 0.4) is 0 Å². The summed E-state index contributed by atoms with van der Waals surface area (Å²) in [6, 6.07) is 1.21. The van der Waals surface area contributed by atoms with Gasteiger partial charge in [0, 0.05) is 18.8 Å². The zero-order chi connectivity index (χ0) is 14.1. The summed E-state index contributed by atoms with van der Waals surface area (Å²) in [7, 11) is -2.33. The molecule has 1 aromatic heterocycles. The van der Waals surface area contributed by atoms with E-state index >= 15 is 0 Å². The Kier molecular flexibility index (Phi) is 4.02. The Balaban J connectivity index is 3.08. The van der Waals surface area contributed by atoms with Crippen molar-refractivity contribution in [1.82, 2.24) is 9.29 Å². The van der Waals surface area contributed by atoms with Crippen LogP contribution in [-0.2, 0) is 10.2 Å². The van der Waals surface area contributed by atoms with Gasteiger partial charge in [-0.15, -0.1) is 0 Å². The third-order valence-electron chi connectivity index (χ3n) is 2.51. The van der Waals surface area contributed by atoms with Gasteiger partial charge in [0.15, 0.2) is 0 Å². The predicted octanol–water partition coefficient (Wildman–Crippen LogP) is 1.02. The fourth-order valence-corrected chi connectivity index (χ4v) is 2.46. The van der Waals surface area contributed by atoms with Gasteiger partial charge in [0.05, 0.1) is 5.69 Å². The van der Waals surface area contributed by atoms with Crippen LogP contribution < -0.4 is 4.72 Å². The Morgan fingerprint density at radius 2 is 2.06 bits per heavy atom. The van der Waals surface area contributed by atoms with Crippen molar-refractivity contribution in [2.24, 2.45) is 0 Å². The van der Waals surface area contributed by atoms with Crippen molar-refractivity contribution >= 4 is 21.9 Å². The average molecular weight is 275 g/mol. The molecule has 1 rings (SSSR count). The quantitative estimate of drug-likeness (QED) is 0.746. The maximum absolute atomic E-state index is 11.9. The van der Waals surface area contributed by atoms with E-state index in [2.05, 4.69) is 9.71 Å². The topological polar surface area (TPSA) is 102 Å². The van der Waals surface area contributed by atoms with E-state index in [0.29, 0.717) is 5.69 Å². The highest BCUT2D eigenvalue weighted by Gasteiger charge is 2.23. The van der Waals surface area contributed by atoms with E-state index in [0.717, 1.165) is 4.31 Å². The summed E-state index contributed by atoms with van der Waals surface area (Å²) in [6.07, 6.45) is 0. The largest absolute Gasteiger partial charge is 0.477 e. The van der Waals surface area contributed by atoms with E-state index in [9.17, 15) is 13.2 Å². The van der Waals surface area contributed by atoms with Crippen LogP contribution in [0.4, 0.5) is 5.69 Å². The van der Waals surface area contributed by atoms with Crippen molar-refractivity contribution in [3.63, 3.8) is 0 Å². The van der Waals surface area contributed by atoms with Crippen molar-refractivity contribution in [3.8, 4) is 0 Å². The van der Waals surface area contributed by atoms with Crippen LogP contribution in [0.15, 0.2) is 6.07 Å². The van der Waals surface area contributed by atoms with Gasteiger partial charge in [-0.3, -0.25) is 4.72 Å². The monoisotopic (exact) mass is 275 g/mol. The minimum Gasteiger partial charge on any atom is -0.477 e. The van der Waals surface area contributed by atoms with E-state index in [1.807, 2.05) is 0 Å². The van der Waals surface area contributed by atoms with Crippen LogP contribution in [0.25, 0.3) is 0 Å². The highest BCUT2D eigenvalue weighted by atomic mass is 32.2. The van der Waals surface area contributed by atoms with Gasteiger partial charge in [-0.1, -0.05) is 0 Å². The van der Waals surface area contributed by atoms with Crippen LogP contribution >= 0.6 is 0 Å². The maximum Gasteiger partial charge on any atom is 0.354 e. The summed E-state index contributed by atoms with van der Waals surface area (Å²) in [6.45, 7) is 5.09. The summed E-state index contributed by atoms with van der Waals surface area (Å²) in [5.41, 5.74) is 0.429. The van der Waals surface area contributed by atoms with Crippen LogP contribution in [0.5, 0.6) is 0 Å². The van der Waals surface area contributed by atoms with Gasteiger partial charge in [0.1, 0.15) is 5.69 Å². The summed E-state index contributed by atoms with van der Waals surface area (Å²) < 4.78 is 27.2. The Hall–Kier alpha value is -1.54. The Labute approximate surface area is 106 Å². The van der Waals surface area contributed by atoms with E-state index in [1.165, 1.54) is 13.1 Å². The van der Waals surface area contributed by atoms with Crippen molar-refractivity contribution in [3.05, 3.63) is 17.5 Å². The Bertz CT molecular complexity index is 547. The van der Waals surface area contributed by atoms with Crippen molar-refractivity contribution in [2.45, 2.75) is 26.8 Å². The number of carboxylic acid groups (broad SMARTS) is 1. The van der Waals surface area contributed by atoms with Crippen LogP contribution in [0.2, 0.25) is 0 Å². The normalized spacial score (nSPS) is 12.1. The molecule has 18 heavy (non-hydrogen) atoms. The van der Waals surface area contributed by atoms with Gasteiger partial charge in [0.25, 0.3) is 0 Å². The number of aromatic amines is 1. The second-order valence-electron chi connectivity index (χ2n) is 4.26. The lowest BCUT2D eigenvalue weighted by Crippen LogP contribution is -2.37. The summed E-state index contributed by atoms with van der Waals surface area (Å²) in [4.78, 5) is 13.5. The predicted molar refractivity (Wildman–Crippen MR) is 67.9 cm³/mol. The number of nitrogens with zero attached hydrogens (tertiary/aromatic N) is 1. The molecule has 0 radical (unpaired) electrons. The molecule has 0 aliphatic carbocycles. The lowest BCUT2D eigenvalue weighted by Gasteiger charge is -2.21. The molecule has 3 N–H and O–H groups in total. The molecular weight excluding hydrogens is 258 g/mol. The molecule has 0 atom stereocenters. The number of aromatic carboxylic acids is 1. The first-order valence-electron chi connectivity index (χ1n) is 5.34. The highest BCUT2D eigenvalue weighted by molar-refractivity contribution is 7.90. The summed E-state index contributed by atoms with van der Waals surface area (Å²) in [5.74, 6) is -1.21. The number of carboxylic acids is 1. The third kappa shape index (κ3) is 3.02. The van der Waals surface area contributed by atoms with Gasteiger partial charge >= 0.3 is 16.2 Å². The molecule has 0 fully saturated rings. The standard InChI is InChI=1S/C10H17N3O4S/c1-6(2)13(4)18(16,17)12-8-5-7(3)11-9(8)10(14)15/h5-6,11-12H,1-4H3,(H,14,15). The first kappa shape index (κ1) is 14.5. The number of anilines is 1. The third-order valence-corrected chi connectivity index (χ3v) is 4.17. The SMILES string of the molecule is Cc1cc(NS(=O)(=O)N(C)C(C)C)c(C(=O)O)[nH]1. The molecule has 1 aromatic rings. The summed E-state index contributed by atoms with van der Waals surface area (Å²) >= 11 is 0. The number of carbonyl (C=O) groups is 1. The Morgan fingerprint density at radius 1 is 1.50 bits per heavy atom. The minimum atomic E-state index is -3.76. The second-order valence-corrected chi connectivity index (χ2v) is 5.99. The Morgan fingerprint density at radius 3 is 2.50 bits per heavy atom. The second kappa shape index (κ2) is 4.99. The molecule has 0 aliphatic rings. The average Bonchev–Trinajstić information content (AvgIpc) is 2.57. The van der Waals surface area contributed by atoms with Crippen molar-refractivity contribution < 1.29 is 18.3 Å². The zero-order valence-corrected chi connectivity index (χ0v) is 11.5. The van der Waals surface area contributed by atoms with E-state index in [-0.39, 0.29) is 17.4 Å². The number of aryl methyl sites for hydroxylation is 1. The van der Waals surface area contributed by atoms with Crippen LogP contribution in [-0.4, -0.2) is 41.9 Å². The number of aromatic nitrogens is 1. The molecule has 0 aliphatic heterocycles. The van der Waals surface area contributed by atoms with Crippen molar-refractivity contribution in [2.75, 3.05) is 11.8 Å². The van der Waals surface area contributed by atoms with E-state index < -0.39 is 16.2 Å². The molecule has 0 amide bonds. The minimum absolute atomic E-state index is 0.0347. The lowest BCUT2D eigenvalue weighted by molar-refractivity contribution is 0.0692. The van der Waals surface area contributed by atoms with E-state index in [1.54, 1.807) is 20.8 Å². The van der Waals surface area contributed by atoms with Gasteiger partial charge in [0.2, 0.25) is 0 Å². The fraction of sp³-hybridized carbons (Fsp3) is 0.500. The first-order chi connectivity index (χ1) is 8.15. The molecule has 0 spiro atoms. The van der Waals surface area contributed by atoms with Gasteiger partial charge < -0.3 is 10.1 Å². The van der Waals surface area contributed by atoms with Gasteiger partial charge in [-0.2, -0.15) is 12.7 Å². The molecule has 8 heteroatoms. The van der Waals surface area contributed by atoms with E-state index in [4.69, 9.17) is 5.11 Å². The van der Waals surface area contributed by atoms with Gasteiger partial charge in [-0.05, 0) is 26.8 Å².